The van der Waals surface area contributed by atoms with E-state index < -0.39 is 0 Å². The quantitative estimate of drug-likeness (QED) is 0.500. The van der Waals surface area contributed by atoms with Gasteiger partial charge in [0.25, 0.3) is 0 Å². The Morgan fingerprint density at radius 3 is 1.93 bits per heavy atom. The Hall–Kier alpha value is -2.65. The van der Waals surface area contributed by atoms with Gasteiger partial charge in [-0.05, 0) is 60.3 Å². The molecule has 0 aliphatic rings. The largest absolute Gasteiger partial charge is 0.497 e. The summed E-state index contributed by atoms with van der Waals surface area (Å²) in [5, 5.41) is 0. The summed E-state index contributed by atoms with van der Waals surface area (Å²) < 4.78 is 18.5. The van der Waals surface area contributed by atoms with E-state index in [1.54, 1.807) is 7.11 Å². The number of hydrogen-bond donors (Lipinski definition) is 0. The van der Waals surface area contributed by atoms with E-state index >= 15 is 0 Å². The van der Waals surface area contributed by atoms with Crippen molar-refractivity contribution >= 4 is 0 Å². The molecule has 0 aromatic heterocycles. The summed E-state index contributed by atoms with van der Waals surface area (Å²) in [4.78, 5) is 2.41. The van der Waals surface area contributed by atoms with Crippen molar-refractivity contribution in [2.45, 2.75) is 25.9 Å². The third-order valence-electron chi connectivity index (χ3n) is 4.67. The van der Waals surface area contributed by atoms with Crippen molar-refractivity contribution in [3.63, 3.8) is 0 Å². The fourth-order valence-corrected chi connectivity index (χ4v) is 3.20. The lowest BCUT2D eigenvalue weighted by atomic mass is 10.1. The molecule has 0 bridgehead atoms. The van der Waals surface area contributed by atoms with Gasteiger partial charge in [0.15, 0.2) is 0 Å². The molecule has 0 aliphatic heterocycles. The second-order valence-electron chi connectivity index (χ2n) is 6.77. The molecule has 3 aromatic carbocycles. The Kier molecular flexibility index (Phi) is 7.00. The van der Waals surface area contributed by atoms with Crippen LogP contribution >= 0.6 is 0 Å². The predicted octanol–water partition coefficient (Wildman–Crippen LogP) is 5.47. The summed E-state index contributed by atoms with van der Waals surface area (Å²) >= 11 is 0. The first-order valence-electron chi connectivity index (χ1n) is 9.36. The van der Waals surface area contributed by atoms with Crippen LogP contribution in [0.2, 0.25) is 0 Å². The molecule has 140 valence electrons. The van der Waals surface area contributed by atoms with Gasteiger partial charge in [-0.15, -0.1) is 0 Å². The SMILES string of the molecule is COc1ccc(CN(CCCc2ccccc2)Cc2ccc(F)cc2)cc1. The highest BCUT2D eigenvalue weighted by molar-refractivity contribution is 5.27. The number of ether oxygens (including phenoxy) is 1. The van der Waals surface area contributed by atoms with Gasteiger partial charge in [0.1, 0.15) is 11.6 Å². The zero-order valence-electron chi connectivity index (χ0n) is 15.8. The Morgan fingerprint density at radius 1 is 0.741 bits per heavy atom. The molecule has 0 atom stereocenters. The van der Waals surface area contributed by atoms with Gasteiger partial charge in [0.05, 0.1) is 7.11 Å². The molecule has 0 heterocycles. The smallest absolute Gasteiger partial charge is 0.123 e. The van der Waals surface area contributed by atoms with Crippen LogP contribution in [0.1, 0.15) is 23.1 Å². The maximum absolute atomic E-state index is 13.2. The Morgan fingerprint density at radius 2 is 1.33 bits per heavy atom. The molecule has 0 saturated heterocycles. The first-order chi connectivity index (χ1) is 13.2. The van der Waals surface area contributed by atoms with Gasteiger partial charge in [-0.1, -0.05) is 54.6 Å². The maximum Gasteiger partial charge on any atom is 0.123 e. The number of nitrogens with zero attached hydrogens (tertiary/aromatic N) is 1. The predicted molar refractivity (Wildman–Crippen MR) is 108 cm³/mol. The molecule has 3 heteroatoms. The van der Waals surface area contributed by atoms with E-state index in [4.69, 9.17) is 4.74 Å². The standard InChI is InChI=1S/C24H26FNO/c1-27-24-15-11-22(12-16-24)19-26(18-21-9-13-23(25)14-10-21)17-5-8-20-6-3-2-4-7-20/h2-4,6-7,9-16H,5,8,17-19H2,1H3. The van der Waals surface area contributed by atoms with Crippen LogP contribution in [0.25, 0.3) is 0 Å². The fraction of sp³-hybridized carbons (Fsp3) is 0.250. The topological polar surface area (TPSA) is 12.5 Å². The minimum Gasteiger partial charge on any atom is -0.497 e. The van der Waals surface area contributed by atoms with Gasteiger partial charge in [-0.25, -0.2) is 4.39 Å². The second-order valence-corrected chi connectivity index (χ2v) is 6.77. The number of benzene rings is 3. The molecule has 3 aromatic rings. The molecule has 27 heavy (non-hydrogen) atoms. The summed E-state index contributed by atoms with van der Waals surface area (Å²) in [7, 11) is 1.68. The van der Waals surface area contributed by atoms with E-state index in [2.05, 4.69) is 41.3 Å². The van der Waals surface area contributed by atoms with Gasteiger partial charge in [-0.2, -0.15) is 0 Å². The number of methoxy groups -OCH3 is 1. The molecule has 0 aliphatic carbocycles. The molecule has 0 N–H and O–H groups in total. The van der Waals surface area contributed by atoms with Crippen LogP contribution in [-0.4, -0.2) is 18.6 Å². The lowest BCUT2D eigenvalue weighted by molar-refractivity contribution is 0.253. The van der Waals surface area contributed by atoms with Crippen molar-refractivity contribution in [3.05, 3.63) is 101 Å². The van der Waals surface area contributed by atoms with Crippen molar-refractivity contribution in [1.82, 2.24) is 4.90 Å². The van der Waals surface area contributed by atoms with Crippen LogP contribution in [0, 0.1) is 5.82 Å². The summed E-state index contributed by atoms with van der Waals surface area (Å²) in [5.74, 6) is 0.678. The zero-order chi connectivity index (χ0) is 18.9. The van der Waals surface area contributed by atoms with E-state index in [0.29, 0.717) is 0 Å². The van der Waals surface area contributed by atoms with Gasteiger partial charge in [0, 0.05) is 13.1 Å². The highest BCUT2D eigenvalue weighted by atomic mass is 19.1. The van der Waals surface area contributed by atoms with Crippen LogP contribution in [0.3, 0.4) is 0 Å². The Balaban J connectivity index is 1.64. The van der Waals surface area contributed by atoms with Crippen molar-refractivity contribution < 1.29 is 9.13 Å². The third kappa shape index (κ3) is 6.22. The van der Waals surface area contributed by atoms with Crippen molar-refractivity contribution in [3.8, 4) is 5.75 Å². The maximum atomic E-state index is 13.2. The Bertz CT molecular complexity index is 800. The van der Waals surface area contributed by atoms with Crippen LogP contribution < -0.4 is 4.74 Å². The molecule has 0 saturated carbocycles. The van der Waals surface area contributed by atoms with Crippen molar-refractivity contribution in [2.75, 3.05) is 13.7 Å². The number of halogens is 1. The highest BCUT2D eigenvalue weighted by Gasteiger charge is 2.08. The van der Waals surface area contributed by atoms with E-state index in [9.17, 15) is 4.39 Å². The minimum absolute atomic E-state index is 0.190. The molecule has 0 unspecified atom stereocenters. The summed E-state index contributed by atoms with van der Waals surface area (Å²) in [6.45, 7) is 2.65. The molecule has 2 nitrogen and oxygen atoms in total. The van der Waals surface area contributed by atoms with Crippen molar-refractivity contribution in [2.24, 2.45) is 0 Å². The summed E-state index contributed by atoms with van der Waals surface area (Å²) in [6, 6.07) is 25.6. The van der Waals surface area contributed by atoms with Crippen LogP contribution in [0.15, 0.2) is 78.9 Å². The lowest BCUT2D eigenvalue weighted by Crippen LogP contribution is -2.24. The van der Waals surface area contributed by atoms with Gasteiger partial charge in [-0.3, -0.25) is 4.90 Å². The van der Waals surface area contributed by atoms with E-state index in [1.165, 1.54) is 23.3 Å². The molecule has 0 radical (unpaired) electrons. The third-order valence-corrected chi connectivity index (χ3v) is 4.67. The van der Waals surface area contributed by atoms with E-state index in [0.717, 1.165) is 43.8 Å². The van der Waals surface area contributed by atoms with Crippen LogP contribution in [-0.2, 0) is 19.5 Å². The Labute approximate surface area is 161 Å². The number of hydrogen-bond acceptors (Lipinski definition) is 2. The molecule has 0 fully saturated rings. The molecule has 3 rings (SSSR count). The lowest BCUT2D eigenvalue weighted by Gasteiger charge is -2.23. The summed E-state index contributed by atoms with van der Waals surface area (Å²) in [6.07, 6.45) is 2.14. The molecular formula is C24H26FNO. The average molecular weight is 363 g/mol. The summed E-state index contributed by atoms with van der Waals surface area (Å²) in [5.41, 5.74) is 3.74. The molecular weight excluding hydrogens is 337 g/mol. The van der Waals surface area contributed by atoms with Crippen LogP contribution in [0.5, 0.6) is 5.75 Å². The fourth-order valence-electron chi connectivity index (χ4n) is 3.20. The second kappa shape index (κ2) is 9.89. The van der Waals surface area contributed by atoms with E-state index in [1.807, 2.05) is 30.3 Å². The molecule has 0 amide bonds. The normalized spacial score (nSPS) is 10.9. The number of rotatable bonds is 9. The highest BCUT2D eigenvalue weighted by Crippen LogP contribution is 2.16. The first kappa shape index (κ1) is 19.1. The minimum atomic E-state index is -0.190. The first-order valence-corrected chi connectivity index (χ1v) is 9.36. The van der Waals surface area contributed by atoms with Crippen molar-refractivity contribution in [1.29, 1.82) is 0 Å². The van der Waals surface area contributed by atoms with E-state index in [-0.39, 0.29) is 5.82 Å². The number of aryl methyl sites for hydroxylation is 1. The monoisotopic (exact) mass is 363 g/mol. The average Bonchev–Trinajstić information content (AvgIpc) is 2.71. The zero-order valence-corrected chi connectivity index (χ0v) is 15.8. The van der Waals surface area contributed by atoms with Gasteiger partial charge in [0.2, 0.25) is 0 Å². The van der Waals surface area contributed by atoms with Gasteiger partial charge >= 0.3 is 0 Å². The molecule has 0 spiro atoms. The van der Waals surface area contributed by atoms with Crippen LogP contribution in [0.4, 0.5) is 4.39 Å². The van der Waals surface area contributed by atoms with Gasteiger partial charge < -0.3 is 4.74 Å².